The van der Waals surface area contributed by atoms with Crippen molar-refractivity contribution < 1.29 is 19.0 Å². The summed E-state index contributed by atoms with van der Waals surface area (Å²) < 4.78 is 17.2. The van der Waals surface area contributed by atoms with Crippen molar-refractivity contribution in [3.8, 4) is 17.2 Å². The molecule has 0 aliphatic heterocycles. The van der Waals surface area contributed by atoms with Crippen molar-refractivity contribution in [1.29, 1.82) is 0 Å². The van der Waals surface area contributed by atoms with Gasteiger partial charge < -0.3 is 19.1 Å². The third-order valence-corrected chi connectivity index (χ3v) is 4.78. The summed E-state index contributed by atoms with van der Waals surface area (Å²) in [6.45, 7) is 1.99. The van der Waals surface area contributed by atoms with Crippen LogP contribution in [0.15, 0.2) is 34.8 Å². The highest BCUT2D eigenvalue weighted by atomic mass is 79.9. The normalized spacial score (nSPS) is 10.4. The molecule has 0 bridgehead atoms. The number of carbonyl (C=O) groups excluding carboxylic acids is 1. The molecule has 140 valence electrons. The van der Waals surface area contributed by atoms with Crippen LogP contribution in [-0.4, -0.2) is 34.3 Å². The highest BCUT2D eigenvalue weighted by Gasteiger charge is 2.18. The first-order chi connectivity index (χ1) is 12.4. The summed E-state index contributed by atoms with van der Waals surface area (Å²) in [6, 6.07) is 9.59. The lowest BCUT2D eigenvalue weighted by Gasteiger charge is -2.20. The Balaban J connectivity index is 2.16. The number of halogens is 1. The fourth-order valence-electron chi connectivity index (χ4n) is 2.90. The molecule has 1 amide bonds. The number of benzene rings is 2. The Kier molecular flexibility index (Phi) is 6.91. The molecule has 0 saturated heterocycles. The second-order valence-corrected chi connectivity index (χ2v) is 6.79. The third kappa shape index (κ3) is 4.30. The first-order valence-electron chi connectivity index (χ1n) is 8.23. The molecule has 0 atom stereocenters. The fourth-order valence-corrected chi connectivity index (χ4v) is 3.37. The largest absolute Gasteiger partial charge is 0.493 e. The molecule has 0 aliphatic carbocycles. The summed E-state index contributed by atoms with van der Waals surface area (Å²) >= 11 is 3.45. The molecule has 0 saturated carbocycles. The average Bonchev–Trinajstić information content (AvgIpc) is 2.64. The van der Waals surface area contributed by atoms with E-state index in [1.54, 1.807) is 33.3 Å². The second kappa shape index (κ2) is 8.94. The van der Waals surface area contributed by atoms with Crippen LogP contribution in [0.5, 0.6) is 17.2 Å². The molecule has 0 aromatic heterocycles. The average molecular weight is 422 g/mol. The maximum Gasteiger partial charge on any atom is 0.227 e. The Morgan fingerprint density at radius 2 is 1.73 bits per heavy atom. The molecule has 26 heavy (non-hydrogen) atoms. The van der Waals surface area contributed by atoms with Crippen molar-refractivity contribution in [2.45, 2.75) is 19.8 Å². The van der Waals surface area contributed by atoms with Crippen molar-refractivity contribution in [2.75, 3.05) is 33.3 Å². The summed E-state index contributed by atoms with van der Waals surface area (Å²) in [5, 5.41) is 0. The first kappa shape index (κ1) is 20.1. The first-order valence-corrected chi connectivity index (χ1v) is 9.02. The van der Waals surface area contributed by atoms with E-state index in [1.165, 1.54) is 0 Å². The third-order valence-electron chi connectivity index (χ3n) is 4.29. The Bertz CT molecular complexity index is 792. The van der Waals surface area contributed by atoms with E-state index in [2.05, 4.69) is 15.9 Å². The Labute approximate surface area is 163 Å². The molecule has 0 unspecified atom stereocenters. The van der Waals surface area contributed by atoms with Gasteiger partial charge in [-0.25, -0.2) is 0 Å². The molecule has 0 spiro atoms. The van der Waals surface area contributed by atoms with Crippen molar-refractivity contribution in [2.24, 2.45) is 0 Å². The van der Waals surface area contributed by atoms with Gasteiger partial charge in [0, 0.05) is 23.6 Å². The SMILES string of the molecule is COc1ccc(CCC(=O)N(C)c2ccc(Br)cc2C)c(OC)c1OC. The van der Waals surface area contributed by atoms with Crippen LogP contribution in [0.2, 0.25) is 0 Å². The fraction of sp³-hybridized carbons (Fsp3) is 0.350. The summed E-state index contributed by atoms with van der Waals surface area (Å²) in [4.78, 5) is 14.3. The summed E-state index contributed by atoms with van der Waals surface area (Å²) in [7, 11) is 6.53. The van der Waals surface area contributed by atoms with Crippen LogP contribution in [-0.2, 0) is 11.2 Å². The maximum atomic E-state index is 12.6. The topological polar surface area (TPSA) is 48.0 Å². The monoisotopic (exact) mass is 421 g/mol. The van der Waals surface area contributed by atoms with Gasteiger partial charge in [-0.3, -0.25) is 4.79 Å². The van der Waals surface area contributed by atoms with E-state index in [-0.39, 0.29) is 5.91 Å². The number of rotatable bonds is 7. The number of carbonyl (C=O) groups is 1. The molecule has 0 fully saturated rings. The van der Waals surface area contributed by atoms with E-state index in [1.807, 2.05) is 37.3 Å². The van der Waals surface area contributed by atoms with Gasteiger partial charge in [-0.15, -0.1) is 0 Å². The quantitative estimate of drug-likeness (QED) is 0.665. The van der Waals surface area contributed by atoms with E-state index < -0.39 is 0 Å². The van der Waals surface area contributed by atoms with Gasteiger partial charge in [0.1, 0.15) is 0 Å². The maximum absolute atomic E-state index is 12.6. The predicted molar refractivity (Wildman–Crippen MR) is 107 cm³/mol. The molecule has 2 aromatic rings. The highest BCUT2D eigenvalue weighted by Crippen LogP contribution is 2.40. The molecule has 0 radical (unpaired) electrons. The number of nitrogens with zero attached hydrogens (tertiary/aromatic N) is 1. The smallest absolute Gasteiger partial charge is 0.227 e. The molecular formula is C20H24BrNO4. The number of methoxy groups -OCH3 is 3. The summed E-state index contributed by atoms with van der Waals surface area (Å²) in [5.74, 6) is 1.77. The van der Waals surface area contributed by atoms with Gasteiger partial charge in [-0.1, -0.05) is 22.0 Å². The van der Waals surface area contributed by atoms with E-state index in [9.17, 15) is 4.79 Å². The van der Waals surface area contributed by atoms with Gasteiger partial charge in [-0.05, 0) is 48.7 Å². The summed E-state index contributed by atoms with van der Waals surface area (Å²) in [6.07, 6.45) is 0.903. The van der Waals surface area contributed by atoms with Crippen molar-refractivity contribution >= 4 is 27.5 Å². The zero-order valence-electron chi connectivity index (χ0n) is 15.8. The van der Waals surface area contributed by atoms with Crippen molar-refractivity contribution in [3.05, 3.63) is 45.9 Å². The van der Waals surface area contributed by atoms with Crippen LogP contribution in [0.1, 0.15) is 17.5 Å². The number of amides is 1. The van der Waals surface area contributed by atoms with Crippen LogP contribution >= 0.6 is 15.9 Å². The van der Waals surface area contributed by atoms with Gasteiger partial charge in [0.05, 0.1) is 21.3 Å². The van der Waals surface area contributed by atoms with E-state index in [0.29, 0.717) is 30.1 Å². The van der Waals surface area contributed by atoms with Crippen molar-refractivity contribution in [3.63, 3.8) is 0 Å². The van der Waals surface area contributed by atoms with Gasteiger partial charge in [0.25, 0.3) is 0 Å². The number of anilines is 1. The minimum Gasteiger partial charge on any atom is -0.493 e. The number of hydrogen-bond donors (Lipinski definition) is 0. The minimum absolute atomic E-state index is 0.0345. The van der Waals surface area contributed by atoms with Crippen LogP contribution in [0.25, 0.3) is 0 Å². The predicted octanol–water partition coefficient (Wildman–Crippen LogP) is 4.38. The number of hydrogen-bond acceptors (Lipinski definition) is 4. The van der Waals surface area contributed by atoms with Gasteiger partial charge in [-0.2, -0.15) is 0 Å². The number of aryl methyl sites for hydroxylation is 2. The molecule has 6 heteroatoms. The Morgan fingerprint density at radius 1 is 1.04 bits per heavy atom. The lowest BCUT2D eigenvalue weighted by Crippen LogP contribution is -2.27. The van der Waals surface area contributed by atoms with Gasteiger partial charge >= 0.3 is 0 Å². The zero-order valence-corrected chi connectivity index (χ0v) is 17.3. The van der Waals surface area contributed by atoms with Crippen LogP contribution < -0.4 is 19.1 Å². The minimum atomic E-state index is 0.0345. The number of ether oxygens (including phenoxy) is 3. The van der Waals surface area contributed by atoms with Crippen LogP contribution in [0.3, 0.4) is 0 Å². The van der Waals surface area contributed by atoms with Crippen LogP contribution in [0.4, 0.5) is 5.69 Å². The lowest BCUT2D eigenvalue weighted by atomic mass is 10.1. The van der Waals surface area contributed by atoms with E-state index >= 15 is 0 Å². The molecule has 0 N–H and O–H groups in total. The molecule has 2 rings (SSSR count). The standard InChI is InChI=1S/C20H24BrNO4/c1-13-12-15(21)8-9-16(13)22(2)18(23)11-7-14-6-10-17(24-3)20(26-5)19(14)25-4/h6,8-10,12H,7,11H2,1-5H3. The van der Waals surface area contributed by atoms with Crippen molar-refractivity contribution in [1.82, 2.24) is 0 Å². The highest BCUT2D eigenvalue weighted by molar-refractivity contribution is 9.10. The van der Waals surface area contributed by atoms with E-state index in [4.69, 9.17) is 14.2 Å². The van der Waals surface area contributed by atoms with Gasteiger partial charge in [0.15, 0.2) is 11.5 Å². The molecule has 5 nitrogen and oxygen atoms in total. The lowest BCUT2D eigenvalue weighted by molar-refractivity contribution is -0.118. The van der Waals surface area contributed by atoms with E-state index in [0.717, 1.165) is 21.3 Å². The van der Waals surface area contributed by atoms with Crippen LogP contribution in [0, 0.1) is 6.92 Å². The molecule has 0 aliphatic rings. The Morgan fingerprint density at radius 3 is 2.31 bits per heavy atom. The second-order valence-electron chi connectivity index (χ2n) is 5.88. The molecule has 2 aromatic carbocycles. The molecule has 0 heterocycles. The zero-order chi connectivity index (χ0) is 19.3. The summed E-state index contributed by atoms with van der Waals surface area (Å²) in [5.41, 5.74) is 2.84. The van der Waals surface area contributed by atoms with Gasteiger partial charge in [0.2, 0.25) is 11.7 Å². The Hall–Kier alpha value is -2.21. The molecular weight excluding hydrogens is 398 g/mol.